The Morgan fingerprint density at radius 2 is 1.96 bits per heavy atom. The van der Waals surface area contributed by atoms with Crippen molar-refractivity contribution in [2.45, 2.75) is 25.3 Å². The second kappa shape index (κ2) is 6.72. The van der Waals surface area contributed by atoms with E-state index in [1.165, 1.54) is 0 Å². The van der Waals surface area contributed by atoms with Gasteiger partial charge in [0.1, 0.15) is 6.04 Å². The van der Waals surface area contributed by atoms with Crippen LogP contribution in [-0.4, -0.2) is 29.4 Å². The molecule has 6 nitrogen and oxygen atoms in total. The van der Waals surface area contributed by atoms with Gasteiger partial charge in [-0.05, 0) is 49.6 Å². The number of halogens is 1. The first-order valence-electron chi connectivity index (χ1n) is 8.61. The van der Waals surface area contributed by atoms with E-state index in [9.17, 15) is 9.59 Å². The molecule has 1 fully saturated rings. The number of hydrogen-bond acceptors (Lipinski definition) is 4. The quantitative estimate of drug-likeness (QED) is 0.755. The highest BCUT2D eigenvalue weighted by molar-refractivity contribution is 6.31. The monoisotopic (exact) mass is 370 g/mol. The predicted molar refractivity (Wildman–Crippen MR) is 102 cm³/mol. The minimum atomic E-state index is -0.423. The lowest BCUT2D eigenvalue weighted by atomic mass is 10.0. The van der Waals surface area contributed by atoms with Crippen molar-refractivity contribution >= 4 is 40.5 Å². The summed E-state index contributed by atoms with van der Waals surface area (Å²) >= 11 is 6.11. The van der Waals surface area contributed by atoms with Crippen LogP contribution >= 0.6 is 11.6 Å². The van der Waals surface area contributed by atoms with Crippen LogP contribution < -0.4 is 16.1 Å². The number of amides is 2. The van der Waals surface area contributed by atoms with Gasteiger partial charge in [-0.1, -0.05) is 23.7 Å². The number of fused-ring (bicyclic) bond motifs is 2. The van der Waals surface area contributed by atoms with Gasteiger partial charge in [0.05, 0.1) is 22.6 Å². The van der Waals surface area contributed by atoms with Crippen molar-refractivity contribution in [3.8, 4) is 0 Å². The lowest BCUT2D eigenvalue weighted by molar-refractivity contribution is -0.124. The van der Waals surface area contributed by atoms with Crippen LogP contribution in [-0.2, 0) is 4.79 Å². The van der Waals surface area contributed by atoms with Crippen LogP contribution in [0.2, 0.25) is 5.02 Å². The zero-order chi connectivity index (χ0) is 18.3. The third-order valence-corrected chi connectivity index (χ3v) is 5.12. The summed E-state index contributed by atoms with van der Waals surface area (Å²) in [5.74, 6) is 5.69. The first-order valence-corrected chi connectivity index (χ1v) is 8.99. The van der Waals surface area contributed by atoms with Crippen LogP contribution in [0.5, 0.6) is 0 Å². The van der Waals surface area contributed by atoms with Gasteiger partial charge in [0, 0.05) is 11.6 Å². The van der Waals surface area contributed by atoms with E-state index in [-0.39, 0.29) is 11.8 Å². The Hall–Kier alpha value is -2.41. The van der Waals surface area contributed by atoms with Gasteiger partial charge in [-0.25, -0.2) is 5.01 Å². The van der Waals surface area contributed by atoms with Crippen molar-refractivity contribution in [1.29, 1.82) is 0 Å². The van der Waals surface area contributed by atoms with Crippen LogP contribution in [0.15, 0.2) is 42.5 Å². The number of hydrazine groups is 1. The maximum absolute atomic E-state index is 13.5. The minimum Gasteiger partial charge on any atom is -0.320 e. The first-order chi connectivity index (χ1) is 12.6. The molecule has 2 aliphatic rings. The minimum absolute atomic E-state index is 0.139. The van der Waals surface area contributed by atoms with E-state index in [4.69, 9.17) is 17.4 Å². The molecule has 0 saturated carbocycles. The van der Waals surface area contributed by atoms with Gasteiger partial charge in [0.25, 0.3) is 5.91 Å². The molecule has 0 spiro atoms. The molecule has 2 amide bonds. The number of nitrogens with zero attached hydrogens (tertiary/aromatic N) is 2. The molecule has 134 valence electrons. The molecule has 1 saturated heterocycles. The number of nitrogens with two attached hydrogens (primary N) is 1. The molecule has 0 bridgehead atoms. The summed E-state index contributed by atoms with van der Waals surface area (Å²) in [4.78, 5) is 27.7. The zero-order valence-electron chi connectivity index (χ0n) is 14.1. The van der Waals surface area contributed by atoms with Crippen molar-refractivity contribution in [1.82, 2.24) is 5.01 Å². The number of para-hydroxylation sites is 1. The Labute approximate surface area is 156 Å². The molecule has 1 atom stereocenters. The third-order valence-electron chi connectivity index (χ3n) is 4.89. The molecule has 26 heavy (non-hydrogen) atoms. The smallest absolute Gasteiger partial charge is 0.257 e. The Balaban J connectivity index is 1.88. The van der Waals surface area contributed by atoms with Gasteiger partial charge in [0.2, 0.25) is 5.91 Å². The highest BCUT2D eigenvalue weighted by Gasteiger charge is 2.36. The lowest BCUT2D eigenvalue weighted by Crippen LogP contribution is -2.53. The Morgan fingerprint density at radius 3 is 2.77 bits per heavy atom. The lowest BCUT2D eigenvalue weighted by Gasteiger charge is -2.35. The van der Waals surface area contributed by atoms with Gasteiger partial charge in [-0.2, -0.15) is 0 Å². The van der Waals surface area contributed by atoms with Crippen molar-refractivity contribution < 1.29 is 9.59 Å². The molecule has 3 N–H and O–H groups in total. The number of rotatable bonds is 1. The van der Waals surface area contributed by atoms with Crippen LogP contribution in [0.4, 0.5) is 17.1 Å². The van der Waals surface area contributed by atoms with Gasteiger partial charge < -0.3 is 5.32 Å². The summed E-state index contributed by atoms with van der Waals surface area (Å²) in [5.41, 5.74) is 2.09. The molecule has 2 aromatic rings. The maximum Gasteiger partial charge on any atom is 0.257 e. The van der Waals surface area contributed by atoms with E-state index in [0.717, 1.165) is 12.8 Å². The summed E-state index contributed by atoms with van der Waals surface area (Å²) in [6.07, 6.45) is 2.62. The number of anilines is 3. The average molecular weight is 371 g/mol. The molecule has 2 aromatic carbocycles. The van der Waals surface area contributed by atoms with E-state index in [0.29, 0.717) is 40.6 Å². The maximum atomic E-state index is 13.5. The molecule has 0 aromatic heterocycles. The standard InChI is InChI=1S/C19H19ClN4O2/c20-12-8-9-16-14(11-12)22-18(25)13-5-1-2-6-15(13)24(16)19(26)17-7-3-4-10-23(17)21/h1-2,5-6,8-9,11,17H,3-4,7,10,21H2,(H,22,25). The van der Waals surface area contributed by atoms with Gasteiger partial charge >= 0.3 is 0 Å². The Bertz CT molecular complexity index is 886. The molecular formula is C19H19ClN4O2. The average Bonchev–Trinajstić information content (AvgIpc) is 2.75. The number of hydrogen-bond donors (Lipinski definition) is 2. The van der Waals surface area contributed by atoms with Gasteiger partial charge in [-0.3, -0.25) is 20.3 Å². The number of carbonyl (C=O) groups is 2. The summed E-state index contributed by atoms with van der Waals surface area (Å²) < 4.78 is 0. The largest absolute Gasteiger partial charge is 0.320 e. The fourth-order valence-electron chi connectivity index (χ4n) is 3.59. The summed E-state index contributed by atoms with van der Waals surface area (Å²) in [5, 5.41) is 4.94. The molecule has 0 radical (unpaired) electrons. The van der Waals surface area contributed by atoms with Crippen molar-refractivity contribution in [2.75, 3.05) is 16.8 Å². The molecular weight excluding hydrogens is 352 g/mol. The highest BCUT2D eigenvalue weighted by atomic mass is 35.5. The van der Waals surface area contributed by atoms with Crippen molar-refractivity contribution in [2.24, 2.45) is 5.84 Å². The van der Waals surface area contributed by atoms with Crippen LogP contribution in [0.1, 0.15) is 29.6 Å². The van der Waals surface area contributed by atoms with Crippen LogP contribution in [0.3, 0.4) is 0 Å². The van der Waals surface area contributed by atoms with E-state index >= 15 is 0 Å². The highest BCUT2D eigenvalue weighted by Crippen LogP contribution is 2.40. The van der Waals surface area contributed by atoms with E-state index in [1.807, 2.05) is 6.07 Å². The van der Waals surface area contributed by atoms with Crippen molar-refractivity contribution in [3.63, 3.8) is 0 Å². The Morgan fingerprint density at radius 1 is 1.15 bits per heavy atom. The third kappa shape index (κ3) is 2.86. The number of nitrogens with one attached hydrogen (secondary N) is 1. The molecule has 2 aliphatic heterocycles. The topological polar surface area (TPSA) is 78.7 Å². The zero-order valence-corrected chi connectivity index (χ0v) is 14.9. The molecule has 2 heterocycles. The number of benzene rings is 2. The molecule has 7 heteroatoms. The van der Waals surface area contributed by atoms with E-state index in [2.05, 4.69) is 5.32 Å². The molecule has 4 rings (SSSR count). The van der Waals surface area contributed by atoms with Gasteiger partial charge in [0.15, 0.2) is 0 Å². The van der Waals surface area contributed by atoms with Crippen LogP contribution in [0.25, 0.3) is 0 Å². The fourth-order valence-corrected chi connectivity index (χ4v) is 3.76. The SMILES string of the molecule is NN1CCCCC1C(=O)N1c2ccc(Cl)cc2NC(=O)c2ccccc21. The first kappa shape index (κ1) is 17.0. The second-order valence-corrected chi connectivity index (χ2v) is 6.99. The number of carbonyl (C=O) groups excluding carboxylic acids is 2. The molecule has 1 unspecified atom stereocenters. The summed E-state index contributed by atoms with van der Waals surface area (Å²) in [6.45, 7) is 0.677. The summed E-state index contributed by atoms with van der Waals surface area (Å²) in [7, 11) is 0. The Kier molecular flexibility index (Phi) is 4.40. The molecule has 0 aliphatic carbocycles. The van der Waals surface area contributed by atoms with Crippen molar-refractivity contribution in [3.05, 3.63) is 53.1 Å². The van der Waals surface area contributed by atoms with Gasteiger partial charge in [-0.15, -0.1) is 0 Å². The fraction of sp³-hybridized carbons (Fsp3) is 0.263. The van der Waals surface area contributed by atoms with E-state index < -0.39 is 6.04 Å². The van der Waals surface area contributed by atoms with E-state index in [1.54, 1.807) is 46.3 Å². The summed E-state index contributed by atoms with van der Waals surface area (Å²) in [6, 6.07) is 11.8. The normalized spacial score (nSPS) is 20.0. The second-order valence-electron chi connectivity index (χ2n) is 6.56. The van der Waals surface area contributed by atoms with Crippen LogP contribution in [0, 0.1) is 0 Å². The predicted octanol–water partition coefficient (Wildman–Crippen LogP) is 3.30. The number of piperidine rings is 1.